The molecule has 0 atom stereocenters. The zero-order valence-electron chi connectivity index (χ0n) is 14.1. The number of hydrogen-bond acceptors (Lipinski definition) is 4. The molecule has 0 aliphatic rings. The Kier molecular flexibility index (Phi) is 8.48. The van der Waals surface area contributed by atoms with E-state index in [0.29, 0.717) is 19.1 Å². The van der Waals surface area contributed by atoms with Gasteiger partial charge in [0.05, 0.1) is 25.9 Å². The number of nitrogens with one attached hydrogen (secondary N) is 1. The van der Waals surface area contributed by atoms with Gasteiger partial charge in [-0.15, -0.1) is 0 Å². The second-order valence-corrected chi connectivity index (χ2v) is 7.15. The fourth-order valence-electron chi connectivity index (χ4n) is 2.03. The molecule has 5 nitrogen and oxygen atoms in total. The van der Waals surface area contributed by atoms with E-state index in [1.165, 1.54) is 0 Å². The van der Waals surface area contributed by atoms with E-state index in [1.807, 2.05) is 48.5 Å². The summed E-state index contributed by atoms with van der Waals surface area (Å²) < 4.78 is 12.0. The average Bonchev–Trinajstić information content (AvgIpc) is 2.61. The molecule has 0 saturated heterocycles. The van der Waals surface area contributed by atoms with Crippen LogP contribution in [0.1, 0.15) is 0 Å². The molecule has 0 fully saturated rings. The van der Waals surface area contributed by atoms with Crippen LogP contribution in [0, 0.1) is 0 Å². The summed E-state index contributed by atoms with van der Waals surface area (Å²) in [5.74, 6) is 3.78. The van der Waals surface area contributed by atoms with Crippen molar-refractivity contribution >= 4 is 39.3 Å². The molecule has 0 aromatic heterocycles. The van der Waals surface area contributed by atoms with Crippen LogP contribution < -0.4 is 20.5 Å². The van der Waals surface area contributed by atoms with E-state index in [4.69, 9.17) is 15.2 Å². The molecule has 0 bridgehead atoms. The highest BCUT2D eigenvalue weighted by molar-refractivity contribution is 9.10. The summed E-state index contributed by atoms with van der Waals surface area (Å²) >= 11 is 5.21. The number of methoxy groups -OCH3 is 1. The molecule has 0 unspecified atom stereocenters. The van der Waals surface area contributed by atoms with Gasteiger partial charge in [-0.1, -0.05) is 34.1 Å². The first-order valence-electron chi connectivity index (χ1n) is 7.85. The maximum Gasteiger partial charge on any atom is 0.193 e. The topological polar surface area (TPSA) is 68.9 Å². The third-order valence-electron chi connectivity index (χ3n) is 3.18. The maximum absolute atomic E-state index is 5.91. The Labute approximate surface area is 161 Å². The maximum atomic E-state index is 5.91. The summed E-state index contributed by atoms with van der Waals surface area (Å²) in [6.45, 7) is 1.31. The van der Waals surface area contributed by atoms with Crippen molar-refractivity contribution in [3.63, 3.8) is 0 Å². The number of thioether (sulfide) groups is 1. The molecule has 0 saturated carbocycles. The van der Waals surface area contributed by atoms with Crippen molar-refractivity contribution in [1.29, 1.82) is 0 Å². The molecule has 25 heavy (non-hydrogen) atoms. The van der Waals surface area contributed by atoms with Gasteiger partial charge in [-0.3, -0.25) is 4.99 Å². The Balaban J connectivity index is 1.62. The Morgan fingerprint density at radius 2 is 2.04 bits per heavy atom. The van der Waals surface area contributed by atoms with E-state index in [9.17, 15) is 0 Å². The van der Waals surface area contributed by atoms with Gasteiger partial charge in [-0.2, -0.15) is 11.8 Å². The van der Waals surface area contributed by atoms with Crippen molar-refractivity contribution in [2.75, 3.05) is 37.1 Å². The lowest BCUT2D eigenvalue weighted by molar-refractivity contribution is 0.344. The first-order chi connectivity index (χ1) is 12.2. The van der Waals surface area contributed by atoms with E-state index in [2.05, 4.69) is 26.2 Å². The molecular formula is C18H22BrN3O2S. The second kappa shape index (κ2) is 10.9. The molecule has 0 radical (unpaired) electrons. The largest absolute Gasteiger partial charge is 0.495 e. The van der Waals surface area contributed by atoms with E-state index < -0.39 is 0 Å². The predicted molar refractivity (Wildman–Crippen MR) is 110 cm³/mol. The number of hydrogen-bond donors (Lipinski definition) is 2. The number of ether oxygens (including phenoxy) is 2. The van der Waals surface area contributed by atoms with Crippen LogP contribution in [0.3, 0.4) is 0 Å². The summed E-state index contributed by atoms with van der Waals surface area (Å²) in [7, 11) is 1.63. The molecule has 0 amide bonds. The zero-order chi connectivity index (χ0) is 17.9. The lowest BCUT2D eigenvalue weighted by atomic mass is 10.3. The van der Waals surface area contributed by atoms with Crippen molar-refractivity contribution in [1.82, 2.24) is 0 Å². The number of rotatable bonds is 9. The monoisotopic (exact) mass is 423 g/mol. The summed E-state index contributed by atoms with van der Waals surface area (Å²) in [6, 6.07) is 15.4. The zero-order valence-corrected chi connectivity index (χ0v) is 16.5. The van der Waals surface area contributed by atoms with Crippen LogP contribution >= 0.6 is 27.7 Å². The Hall–Kier alpha value is -1.86. The number of para-hydroxylation sites is 2. The van der Waals surface area contributed by atoms with Crippen LogP contribution in [0.4, 0.5) is 5.69 Å². The summed E-state index contributed by atoms with van der Waals surface area (Å²) in [4.78, 5) is 4.32. The van der Waals surface area contributed by atoms with Gasteiger partial charge in [-0.05, 0) is 30.3 Å². The standard InChI is InChI=1S/C18H22BrN3O2S/c1-23-17-8-3-2-7-16(17)22-18(20)21-9-11-25-12-10-24-15-6-4-5-14(19)13-15/h2-8,13H,9-12H2,1H3,(H3,20,21,22). The minimum absolute atomic E-state index is 0.385. The summed E-state index contributed by atoms with van der Waals surface area (Å²) in [6.07, 6.45) is 0. The normalized spacial score (nSPS) is 11.2. The van der Waals surface area contributed by atoms with Crippen molar-refractivity contribution in [2.45, 2.75) is 0 Å². The summed E-state index contributed by atoms with van der Waals surface area (Å²) in [5.41, 5.74) is 6.71. The molecule has 2 aromatic rings. The van der Waals surface area contributed by atoms with Gasteiger partial charge in [0.2, 0.25) is 0 Å². The highest BCUT2D eigenvalue weighted by atomic mass is 79.9. The van der Waals surface area contributed by atoms with Gasteiger partial charge in [-0.25, -0.2) is 0 Å². The molecule has 134 valence electrons. The van der Waals surface area contributed by atoms with E-state index >= 15 is 0 Å². The Morgan fingerprint density at radius 1 is 1.20 bits per heavy atom. The van der Waals surface area contributed by atoms with Crippen molar-refractivity contribution in [3.05, 3.63) is 53.0 Å². The second-order valence-electron chi connectivity index (χ2n) is 5.01. The molecular weight excluding hydrogens is 402 g/mol. The van der Waals surface area contributed by atoms with Gasteiger partial charge in [0.1, 0.15) is 11.5 Å². The fraction of sp³-hybridized carbons (Fsp3) is 0.278. The average molecular weight is 424 g/mol. The quantitative estimate of drug-likeness (QED) is 0.362. The number of aliphatic imine (C=N–C) groups is 1. The number of benzene rings is 2. The molecule has 0 heterocycles. The molecule has 0 aliphatic heterocycles. The lowest BCUT2D eigenvalue weighted by Crippen LogP contribution is -2.23. The number of nitrogens with two attached hydrogens (primary N) is 1. The minimum Gasteiger partial charge on any atom is -0.495 e. The molecule has 3 N–H and O–H groups in total. The SMILES string of the molecule is COc1ccccc1NC(N)=NCCSCCOc1cccc(Br)c1. The van der Waals surface area contributed by atoms with Crippen LogP contribution in [-0.4, -0.2) is 37.7 Å². The fourth-order valence-corrected chi connectivity index (χ4v) is 3.04. The molecule has 2 aromatic carbocycles. The van der Waals surface area contributed by atoms with Gasteiger partial charge in [0, 0.05) is 16.0 Å². The van der Waals surface area contributed by atoms with Crippen LogP contribution in [0.5, 0.6) is 11.5 Å². The van der Waals surface area contributed by atoms with E-state index in [0.717, 1.165) is 33.2 Å². The highest BCUT2D eigenvalue weighted by Gasteiger charge is 2.02. The molecule has 0 spiro atoms. The van der Waals surface area contributed by atoms with Gasteiger partial charge >= 0.3 is 0 Å². The predicted octanol–water partition coefficient (Wildman–Crippen LogP) is 4.00. The van der Waals surface area contributed by atoms with Crippen molar-refractivity contribution in [2.24, 2.45) is 10.7 Å². The molecule has 2 rings (SSSR count). The van der Waals surface area contributed by atoms with Gasteiger partial charge < -0.3 is 20.5 Å². The summed E-state index contributed by atoms with van der Waals surface area (Å²) in [5, 5.41) is 3.05. The van der Waals surface area contributed by atoms with Crippen molar-refractivity contribution < 1.29 is 9.47 Å². The number of guanidine groups is 1. The Morgan fingerprint density at radius 3 is 2.84 bits per heavy atom. The van der Waals surface area contributed by atoms with E-state index in [1.54, 1.807) is 18.9 Å². The number of nitrogens with zero attached hydrogens (tertiary/aromatic N) is 1. The van der Waals surface area contributed by atoms with Crippen LogP contribution in [0.15, 0.2) is 58.0 Å². The first kappa shape index (κ1) is 19.5. The third-order valence-corrected chi connectivity index (χ3v) is 4.60. The van der Waals surface area contributed by atoms with Gasteiger partial charge in [0.15, 0.2) is 5.96 Å². The van der Waals surface area contributed by atoms with Gasteiger partial charge in [0.25, 0.3) is 0 Å². The van der Waals surface area contributed by atoms with Crippen molar-refractivity contribution in [3.8, 4) is 11.5 Å². The molecule has 0 aliphatic carbocycles. The van der Waals surface area contributed by atoms with Crippen LogP contribution in [-0.2, 0) is 0 Å². The molecule has 7 heteroatoms. The number of halogens is 1. The van der Waals surface area contributed by atoms with E-state index in [-0.39, 0.29) is 0 Å². The minimum atomic E-state index is 0.385. The number of anilines is 1. The van der Waals surface area contributed by atoms with Crippen LogP contribution in [0.2, 0.25) is 0 Å². The Bertz CT molecular complexity index is 698. The third kappa shape index (κ3) is 7.27. The van der Waals surface area contributed by atoms with Crippen LogP contribution in [0.25, 0.3) is 0 Å². The highest BCUT2D eigenvalue weighted by Crippen LogP contribution is 2.22. The first-order valence-corrected chi connectivity index (χ1v) is 9.80. The smallest absolute Gasteiger partial charge is 0.193 e. The lowest BCUT2D eigenvalue weighted by Gasteiger charge is -2.10.